The molecule has 1 aliphatic heterocycles. The zero-order valence-corrected chi connectivity index (χ0v) is 13.4. The normalized spacial score (nSPS) is 28.7. The first-order valence-corrected chi connectivity index (χ1v) is 8.36. The van der Waals surface area contributed by atoms with Crippen molar-refractivity contribution in [1.29, 1.82) is 0 Å². The van der Waals surface area contributed by atoms with Crippen LogP contribution >= 0.6 is 0 Å². The summed E-state index contributed by atoms with van der Waals surface area (Å²) in [6, 6.07) is 6.75. The summed E-state index contributed by atoms with van der Waals surface area (Å²) in [5.41, 5.74) is 3.90. The Kier molecular flexibility index (Phi) is 3.89. The number of aliphatic hydroxyl groups is 2. The molecule has 1 aromatic carbocycles. The number of hydrogen-bond donors (Lipinski definition) is 3. The minimum absolute atomic E-state index is 0.0257. The molecule has 0 saturated carbocycles. The third-order valence-corrected chi connectivity index (χ3v) is 5.65. The predicted molar refractivity (Wildman–Crippen MR) is 88.3 cm³/mol. The first-order chi connectivity index (χ1) is 11.3. The molecule has 2 aromatic rings. The van der Waals surface area contributed by atoms with Gasteiger partial charge < -0.3 is 19.9 Å². The molecule has 4 rings (SSSR count). The lowest BCUT2D eigenvalue weighted by Crippen LogP contribution is -2.56. The van der Waals surface area contributed by atoms with Crippen molar-refractivity contribution in [1.82, 2.24) is 9.88 Å². The van der Waals surface area contributed by atoms with Crippen LogP contribution in [-0.4, -0.2) is 59.2 Å². The van der Waals surface area contributed by atoms with Gasteiger partial charge in [-0.1, -0.05) is 12.1 Å². The smallest absolute Gasteiger partial charge is 0.133 e. The van der Waals surface area contributed by atoms with Gasteiger partial charge in [0.1, 0.15) is 6.23 Å². The zero-order valence-electron chi connectivity index (χ0n) is 13.4. The van der Waals surface area contributed by atoms with Gasteiger partial charge in [0.05, 0.1) is 6.61 Å². The standard InChI is InChI=1S/C18H24N2O3/c1-23-17(10-22)20-8-11(9-21)5-14-13-3-2-4-15-18(13)12(7-19-15)6-16(14)20/h2-4,7,11,14,16-17,19,21-22H,5-6,8-10H2,1H3/t11-,14?,16-,17?/m1/s1. The summed E-state index contributed by atoms with van der Waals surface area (Å²) in [5.74, 6) is 0.591. The Labute approximate surface area is 135 Å². The van der Waals surface area contributed by atoms with Crippen molar-refractivity contribution in [2.45, 2.75) is 31.0 Å². The van der Waals surface area contributed by atoms with Crippen molar-refractivity contribution in [3.8, 4) is 0 Å². The van der Waals surface area contributed by atoms with Crippen molar-refractivity contribution >= 4 is 10.9 Å². The van der Waals surface area contributed by atoms with Gasteiger partial charge in [-0.15, -0.1) is 0 Å². The molecule has 0 spiro atoms. The van der Waals surface area contributed by atoms with Gasteiger partial charge in [0.15, 0.2) is 0 Å². The number of aromatic nitrogens is 1. The van der Waals surface area contributed by atoms with Crippen molar-refractivity contribution in [3.63, 3.8) is 0 Å². The summed E-state index contributed by atoms with van der Waals surface area (Å²) in [7, 11) is 1.64. The minimum Gasteiger partial charge on any atom is -0.396 e. The molecule has 124 valence electrons. The predicted octanol–water partition coefficient (Wildman–Crippen LogP) is 1.46. The summed E-state index contributed by atoms with van der Waals surface area (Å²) in [6.45, 7) is 0.923. The van der Waals surface area contributed by atoms with Gasteiger partial charge in [-0.05, 0) is 36.0 Å². The van der Waals surface area contributed by atoms with E-state index in [-0.39, 0.29) is 25.4 Å². The van der Waals surface area contributed by atoms with Crippen molar-refractivity contribution in [3.05, 3.63) is 35.5 Å². The van der Waals surface area contributed by atoms with Gasteiger partial charge in [0.2, 0.25) is 0 Å². The van der Waals surface area contributed by atoms with E-state index in [9.17, 15) is 10.2 Å². The molecule has 0 amide bonds. The van der Waals surface area contributed by atoms with E-state index < -0.39 is 0 Å². The van der Waals surface area contributed by atoms with Crippen molar-refractivity contribution in [2.24, 2.45) is 5.92 Å². The molecular formula is C18H24N2O3. The van der Waals surface area contributed by atoms with Gasteiger partial charge >= 0.3 is 0 Å². The van der Waals surface area contributed by atoms with Crippen LogP contribution in [0.4, 0.5) is 0 Å². The number of nitrogens with one attached hydrogen (secondary N) is 1. The van der Waals surface area contributed by atoms with Gasteiger partial charge in [-0.2, -0.15) is 0 Å². The summed E-state index contributed by atoms with van der Waals surface area (Å²) < 4.78 is 5.51. The van der Waals surface area contributed by atoms with E-state index in [1.807, 2.05) is 0 Å². The van der Waals surface area contributed by atoms with E-state index >= 15 is 0 Å². The van der Waals surface area contributed by atoms with Gasteiger partial charge in [0, 0.05) is 49.3 Å². The molecule has 1 saturated heterocycles. The fourth-order valence-corrected chi connectivity index (χ4v) is 4.61. The highest BCUT2D eigenvalue weighted by Crippen LogP contribution is 2.45. The van der Waals surface area contributed by atoms with Crippen molar-refractivity contribution < 1.29 is 14.9 Å². The lowest BCUT2D eigenvalue weighted by molar-refractivity contribution is -0.111. The van der Waals surface area contributed by atoms with Gasteiger partial charge in [0.25, 0.3) is 0 Å². The number of aliphatic hydroxyl groups excluding tert-OH is 2. The highest BCUT2D eigenvalue weighted by atomic mass is 16.5. The number of ether oxygens (including phenoxy) is 1. The second-order valence-corrected chi connectivity index (χ2v) is 6.82. The van der Waals surface area contributed by atoms with E-state index in [4.69, 9.17) is 4.74 Å². The third kappa shape index (κ3) is 2.31. The number of benzene rings is 1. The molecule has 5 heteroatoms. The number of rotatable bonds is 4. The maximum atomic E-state index is 9.74. The van der Waals surface area contributed by atoms with Crippen LogP contribution in [0.1, 0.15) is 23.5 Å². The average Bonchev–Trinajstić information content (AvgIpc) is 3.01. The highest BCUT2D eigenvalue weighted by Gasteiger charge is 2.42. The van der Waals surface area contributed by atoms with E-state index in [1.165, 1.54) is 22.0 Å². The van der Waals surface area contributed by atoms with Crippen LogP contribution in [0.3, 0.4) is 0 Å². The molecule has 3 N–H and O–H groups in total. The maximum absolute atomic E-state index is 9.74. The van der Waals surface area contributed by atoms with Crippen LogP contribution in [-0.2, 0) is 11.2 Å². The van der Waals surface area contributed by atoms with Crippen LogP contribution < -0.4 is 0 Å². The summed E-state index contributed by atoms with van der Waals surface area (Å²) in [4.78, 5) is 5.63. The van der Waals surface area contributed by atoms with Crippen molar-refractivity contribution in [2.75, 3.05) is 26.9 Å². The van der Waals surface area contributed by atoms with E-state index in [0.717, 1.165) is 19.4 Å². The van der Waals surface area contributed by atoms with Gasteiger partial charge in [-0.25, -0.2) is 0 Å². The van der Waals surface area contributed by atoms with E-state index in [0.29, 0.717) is 12.0 Å². The van der Waals surface area contributed by atoms with Crippen LogP contribution in [0.2, 0.25) is 0 Å². The number of methoxy groups -OCH3 is 1. The molecular weight excluding hydrogens is 292 g/mol. The number of hydrogen-bond acceptors (Lipinski definition) is 4. The Hall–Kier alpha value is -1.40. The molecule has 5 nitrogen and oxygen atoms in total. The number of nitrogens with zero attached hydrogens (tertiary/aromatic N) is 1. The number of fused-ring (bicyclic) bond motifs is 2. The third-order valence-electron chi connectivity index (χ3n) is 5.65. The molecule has 2 heterocycles. The van der Waals surface area contributed by atoms with Crippen LogP contribution in [0.15, 0.2) is 24.4 Å². The molecule has 4 atom stereocenters. The lowest BCUT2D eigenvalue weighted by Gasteiger charge is -2.49. The fourth-order valence-electron chi connectivity index (χ4n) is 4.61. The van der Waals surface area contributed by atoms with E-state index in [1.54, 1.807) is 7.11 Å². The minimum atomic E-state index is -0.309. The largest absolute Gasteiger partial charge is 0.396 e. The Morgan fingerprint density at radius 3 is 3.00 bits per heavy atom. The topological polar surface area (TPSA) is 68.7 Å². The number of H-pyrrole nitrogens is 1. The maximum Gasteiger partial charge on any atom is 0.133 e. The fraction of sp³-hybridized carbons (Fsp3) is 0.556. The Morgan fingerprint density at radius 1 is 1.39 bits per heavy atom. The van der Waals surface area contributed by atoms with E-state index in [2.05, 4.69) is 34.3 Å². The van der Waals surface area contributed by atoms with Crippen LogP contribution in [0, 0.1) is 5.92 Å². The molecule has 1 aliphatic carbocycles. The summed E-state index contributed by atoms with van der Waals surface area (Å²) >= 11 is 0. The Bertz CT molecular complexity index is 695. The average molecular weight is 316 g/mol. The summed E-state index contributed by atoms with van der Waals surface area (Å²) in [5, 5.41) is 20.8. The summed E-state index contributed by atoms with van der Waals surface area (Å²) in [6.07, 6.45) is 3.75. The first-order valence-electron chi connectivity index (χ1n) is 8.36. The Balaban J connectivity index is 1.79. The van der Waals surface area contributed by atoms with Gasteiger partial charge in [-0.3, -0.25) is 4.90 Å². The molecule has 2 aliphatic rings. The number of aromatic amines is 1. The lowest BCUT2D eigenvalue weighted by atomic mass is 9.72. The number of piperidine rings is 1. The Morgan fingerprint density at radius 2 is 2.26 bits per heavy atom. The highest BCUT2D eigenvalue weighted by molar-refractivity contribution is 5.88. The molecule has 0 radical (unpaired) electrons. The molecule has 1 fully saturated rings. The van der Waals surface area contributed by atoms with Crippen LogP contribution in [0.5, 0.6) is 0 Å². The quantitative estimate of drug-likeness (QED) is 0.799. The monoisotopic (exact) mass is 316 g/mol. The zero-order chi connectivity index (χ0) is 16.0. The first kappa shape index (κ1) is 15.1. The van der Waals surface area contributed by atoms with Crippen LogP contribution in [0.25, 0.3) is 10.9 Å². The second-order valence-electron chi connectivity index (χ2n) is 6.82. The number of likely N-dealkylation sites (tertiary alicyclic amines) is 1. The molecule has 23 heavy (non-hydrogen) atoms. The SMILES string of the molecule is COC(CO)N1C[C@H](CO)CC2c3cccc4[nH]cc(c34)C[C@H]21. The molecule has 2 unspecified atom stereocenters. The second kappa shape index (κ2) is 5.91. The molecule has 1 aromatic heterocycles. The molecule has 0 bridgehead atoms.